The van der Waals surface area contributed by atoms with Crippen LogP contribution in [0.1, 0.15) is 18.6 Å². The lowest BCUT2D eigenvalue weighted by Gasteiger charge is -2.09. The minimum atomic E-state index is -0.639. The summed E-state index contributed by atoms with van der Waals surface area (Å²) in [5.41, 5.74) is 0.641. The maximum Gasteiger partial charge on any atom is 0.219 e. The molecular weight excluding hydrogens is 257 g/mol. The van der Waals surface area contributed by atoms with Gasteiger partial charge in [-0.25, -0.2) is 9.37 Å². The number of pyridine rings is 1. The molecule has 18 heavy (non-hydrogen) atoms. The van der Waals surface area contributed by atoms with Gasteiger partial charge in [0.25, 0.3) is 0 Å². The molecule has 0 saturated carbocycles. The van der Waals surface area contributed by atoms with E-state index in [4.69, 9.17) is 16.3 Å². The van der Waals surface area contributed by atoms with Crippen molar-refractivity contribution in [3.05, 3.63) is 52.9 Å². The molecule has 0 bridgehead atoms. The molecule has 0 aliphatic rings. The average Bonchev–Trinajstić information content (AvgIpc) is 2.35. The monoisotopic (exact) mass is 267 g/mol. The van der Waals surface area contributed by atoms with Gasteiger partial charge in [0.2, 0.25) is 5.88 Å². The second-order valence-corrected chi connectivity index (χ2v) is 4.16. The van der Waals surface area contributed by atoms with Gasteiger partial charge in [0.15, 0.2) is 11.6 Å². The molecule has 1 heterocycles. The predicted octanol–water partition coefficient (Wildman–Crippen LogP) is 3.72. The molecule has 0 unspecified atom stereocenters. The Kier molecular flexibility index (Phi) is 3.79. The molecule has 0 radical (unpaired) electrons. The zero-order valence-corrected chi connectivity index (χ0v) is 10.4. The Morgan fingerprint density at radius 2 is 2.17 bits per heavy atom. The Labute approximate surface area is 109 Å². The highest BCUT2D eigenvalue weighted by atomic mass is 35.5. The molecule has 0 aliphatic heterocycles. The third kappa shape index (κ3) is 2.78. The van der Waals surface area contributed by atoms with Gasteiger partial charge in [-0.1, -0.05) is 17.7 Å². The first-order valence-corrected chi connectivity index (χ1v) is 5.71. The Hall–Kier alpha value is -1.65. The molecule has 1 aromatic carbocycles. The molecule has 1 atom stereocenters. The molecule has 1 N–H and O–H groups in total. The topological polar surface area (TPSA) is 42.4 Å². The first-order valence-electron chi connectivity index (χ1n) is 5.34. The van der Waals surface area contributed by atoms with Gasteiger partial charge in [-0.05, 0) is 30.7 Å². The van der Waals surface area contributed by atoms with E-state index in [0.29, 0.717) is 5.56 Å². The third-order valence-electron chi connectivity index (χ3n) is 2.37. The molecule has 94 valence electrons. The number of nitrogens with zero attached hydrogens (tertiary/aromatic N) is 1. The summed E-state index contributed by atoms with van der Waals surface area (Å²) in [6.45, 7) is 1.62. The largest absolute Gasteiger partial charge is 0.436 e. The molecule has 0 fully saturated rings. The van der Waals surface area contributed by atoms with Crippen molar-refractivity contribution in [3.8, 4) is 11.6 Å². The number of aliphatic hydroxyl groups is 1. The van der Waals surface area contributed by atoms with E-state index in [1.165, 1.54) is 18.3 Å². The Morgan fingerprint density at radius 1 is 1.39 bits per heavy atom. The first kappa shape index (κ1) is 12.8. The zero-order valence-electron chi connectivity index (χ0n) is 9.60. The van der Waals surface area contributed by atoms with E-state index in [-0.39, 0.29) is 16.7 Å². The molecule has 5 heteroatoms. The molecule has 0 amide bonds. The number of hydrogen-bond donors (Lipinski definition) is 1. The fourth-order valence-corrected chi connectivity index (χ4v) is 1.58. The van der Waals surface area contributed by atoms with Gasteiger partial charge in [-0.3, -0.25) is 0 Å². The van der Waals surface area contributed by atoms with Crippen LogP contribution in [0.2, 0.25) is 5.02 Å². The van der Waals surface area contributed by atoms with Gasteiger partial charge in [-0.15, -0.1) is 0 Å². The zero-order chi connectivity index (χ0) is 13.1. The highest BCUT2D eigenvalue weighted by Gasteiger charge is 2.10. The highest BCUT2D eigenvalue weighted by Crippen LogP contribution is 2.28. The van der Waals surface area contributed by atoms with Gasteiger partial charge in [0, 0.05) is 12.3 Å². The number of rotatable bonds is 3. The van der Waals surface area contributed by atoms with E-state index in [0.717, 1.165) is 0 Å². The van der Waals surface area contributed by atoms with Crippen molar-refractivity contribution in [2.75, 3.05) is 0 Å². The number of hydrogen-bond acceptors (Lipinski definition) is 3. The lowest BCUT2D eigenvalue weighted by molar-refractivity contribution is 0.198. The maximum absolute atomic E-state index is 13.6. The van der Waals surface area contributed by atoms with E-state index in [1.807, 2.05) is 0 Å². The van der Waals surface area contributed by atoms with E-state index in [1.54, 1.807) is 25.1 Å². The number of aromatic nitrogens is 1. The summed E-state index contributed by atoms with van der Waals surface area (Å²) in [6, 6.07) is 7.68. The molecule has 2 rings (SSSR count). The predicted molar refractivity (Wildman–Crippen MR) is 66.4 cm³/mol. The van der Waals surface area contributed by atoms with E-state index >= 15 is 0 Å². The van der Waals surface area contributed by atoms with Crippen LogP contribution in [0, 0.1) is 5.82 Å². The summed E-state index contributed by atoms with van der Waals surface area (Å²) in [6.07, 6.45) is 0.847. The summed E-state index contributed by atoms with van der Waals surface area (Å²) < 4.78 is 18.9. The van der Waals surface area contributed by atoms with E-state index < -0.39 is 11.9 Å². The van der Waals surface area contributed by atoms with Crippen LogP contribution in [0.15, 0.2) is 36.5 Å². The average molecular weight is 268 g/mol. The molecule has 0 spiro atoms. The maximum atomic E-state index is 13.6. The smallest absolute Gasteiger partial charge is 0.219 e. The van der Waals surface area contributed by atoms with E-state index in [9.17, 15) is 9.50 Å². The van der Waals surface area contributed by atoms with Crippen molar-refractivity contribution >= 4 is 11.6 Å². The van der Waals surface area contributed by atoms with Crippen LogP contribution in [0.3, 0.4) is 0 Å². The molecule has 3 nitrogen and oxygen atoms in total. The van der Waals surface area contributed by atoms with Crippen molar-refractivity contribution in [2.45, 2.75) is 13.0 Å². The lowest BCUT2D eigenvalue weighted by Crippen LogP contribution is -1.95. The second kappa shape index (κ2) is 5.33. The Morgan fingerprint density at radius 3 is 2.89 bits per heavy atom. The molecule has 2 aromatic rings. The number of ether oxygens (including phenoxy) is 1. The number of halogens is 2. The van der Waals surface area contributed by atoms with Crippen LogP contribution >= 0.6 is 11.6 Å². The van der Waals surface area contributed by atoms with Gasteiger partial charge >= 0.3 is 0 Å². The minimum Gasteiger partial charge on any atom is -0.436 e. The fraction of sp³-hybridized carbons (Fsp3) is 0.154. The van der Waals surface area contributed by atoms with Crippen molar-refractivity contribution < 1.29 is 14.2 Å². The van der Waals surface area contributed by atoms with Gasteiger partial charge in [0.05, 0.1) is 11.1 Å². The van der Waals surface area contributed by atoms with Crippen molar-refractivity contribution in [2.24, 2.45) is 0 Å². The standard InChI is InChI=1S/C13H11ClFNO2/c1-8(17)9-5-6-16-12(7-9)18-11-4-2-3-10(14)13(11)15/h2-8,17H,1H3/t8-/m0/s1. The van der Waals surface area contributed by atoms with Gasteiger partial charge in [0.1, 0.15) is 0 Å². The normalized spacial score (nSPS) is 12.2. The minimum absolute atomic E-state index is 0.00209. The number of benzene rings is 1. The van der Waals surface area contributed by atoms with Crippen LogP contribution in [0.4, 0.5) is 4.39 Å². The first-order chi connectivity index (χ1) is 8.58. The van der Waals surface area contributed by atoms with Crippen LogP contribution in [0.25, 0.3) is 0 Å². The fourth-order valence-electron chi connectivity index (χ4n) is 1.42. The number of aliphatic hydroxyl groups excluding tert-OH is 1. The Balaban J connectivity index is 2.28. The summed E-state index contributed by atoms with van der Waals surface area (Å²) in [7, 11) is 0. The third-order valence-corrected chi connectivity index (χ3v) is 2.66. The van der Waals surface area contributed by atoms with Crippen LogP contribution < -0.4 is 4.74 Å². The van der Waals surface area contributed by atoms with Crippen molar-refractivity contribution in [1.82, 2.24) is 4.98 Å². The molecule has 1 aromatic heterocycles. The van der Waals surface area contributed by atoms with Gasteiger partial charge < -0.3 is 9.84 Å². The SMILES string of the molecule is C[C@H](O)c1ccnc(Oc2cccc(Cl)c2F)c1. The van der Waals surface area contributed by atoms with Crippen LogP contribution in [0.5, 0.6) is 11.6 Å². The Bertz CT molecular complexity index is 560. The summed E-state index contributed by atoms with van der Waals surface area (Å²) in [5, 5.41) is 9.42. The van der Waals surface area contributed by atoms with Crippen LogP contribution in [-0.4, -0.2) is 10.1 Å². The summed E-state index contributed by atoms with van der Waals surface area (Å²) in [4.78, 5) is 3.94. The summed E-state index contributed by atoms with van der Waals surface area (Å²) >= 11 is 5.65. The van der Waals surface area contributed by atoms with E-state index in [2.05, 4.69) is 4.98 Å². The molecule has 0 aliphatic carbocycles. The van der Waals surface area contributed by atoms with Crippen molar-refractivity contribution in [1.29, 1.82) is 0 Å². The lowest BCUT2D eigenvalue weighted by atomic mass is 10.2. The highest BCUT2D eigenvalue weighted by molar-refractivity contribution is 6.30. The van der Waals surface area contributed by atoms with Gasteiger partial charge in [-0.2, -0.15) is 0 Å². The molecule has 0 saturated heterocycles. The van der Waals surface area contributed by atoms with Crippen molar-refractivity contribution in [3.63, 3.8) is 0 Å². The molecular formula is C13H11ClFNO2. The second-order valence-electron chi connectivity index (χ2n) is 3.76. The summed E-state index contributed by atoms with van der Waals surface area (Å²) in [5.74, 6) is -0.435. The quantitative estimate of drug-likeness (QED) is 0.922. The van der Waals surface area contributed by atoms with Crippen LogP contribution in [-0.2, 0) is 0 Å².